The Balaban J connectivity index is 2.26. The quantitative estimate of drug-likeness (QED) is 0.855. The third kappa shape index (κ3) is 2.18. The lowest BCUT2D eigenvalue weighted by Gasteiger charge is -2.15. The maximum absolute atomic E-state index is 13.5. The summed E-state index contributed by atoms with van der Waals surface area (Å²) in [5.74, 6) is -3.67. The number of rotatable bonds is 3. The number of halogens is 2. The molecule has 2 rings (SSSR count). The van der Waals surface area contributed by atoms with E-state index in [9.17, 15) is 18.4 Å². The molecule has 0 unspecified atom stereocenters. The lowest BCUT2D eigenvalue weighted by Crippen LogP contribution is -2.35. The number of nitrogens with zero attached hydrogens (tertiary/aromatic N) is 1. The SMILES string of the molecule is NC(=O)CN1CC[C@@H](c2c(F)[c]ccc2F)C1=O. The molecular formula is C12H11F2N2O2. The fourth-order valence-corrected chi connectivity index (χ4v) is 2.13. The maximum atomic E-state index is 13.5. The first-order chi connectivity index (χ1) is 8.50. The minimum Gasteiger partial charge on any atom is -0.368 e. The number of carbonyl (C=O) groups excluding carboxylic acids is 2. The van der Waals surface area contributed by atoms with Crippen LogP contribution in [0.1, 0.15) is 17.9 Å². The highest BCUT2D eigenvalue weighted by Gasteiger charge is 2.36. The number of hydrogen-bond acceptors (Lipinski definition) is 2. The first kappa shape index (κ1) is 12.5. The van der Waals surface area contributed by atoms with Crippen LogP contribution in [0.5, 0.6) is 0 Å². The van der Waals surface area contributed by atoms with Crippen LogP contribution in [-0.4, -0.2) is 29.8 Å². The second kappa shape index (κ2) is 4.72. The number of likely N-dealkylation sites (tertiary alicyclic amines) is 1. The van der Waals surface area contributed by atoms with Gasteiger partial charge in [-0.1, -0.05) is 0 Å². The molecule has 1 aromatic rings. The van der Waals surface area contributed by atoms with Crippen LogP contribution < -0.4 is 5.73 Å². The molecule has 0 bridgehead atoms. The highest BCUT2D eigenvalue weighted by atomic mass is 19.1. The van der Waals surface area contributed by atoms with E-state index in [0.717, 1.165) is 12.1 Å². The van der Waals surface area contributed by atoms with Crippen molar-refractivity contribution in [2.45, 2.75) is 12.3 Å². The van der Waals surface area contributed by atoms with Gasteiger partial charge in [0.25, 0.3) is 0 Å². The average molecular weight is 253 g/mol. The number of hydrogen-bond donors (Lipinski definition) is 1. The van der Waals surface area contributed by atoms with Gasteiger partial charge in [-0.25, -0.2) is 8.78 Å². The molecule has 2 amide bonds. The van der Waals surface area contributed by atoms with Crippen LogP contribution in [0.15, 0.2) is 12.1 Å². The molecule has 1 atom stereocenters. The molecular weight excluding hydrogens is 242 g/mol. The van der Waals surface area contributed by atoms with E-state index < -0.39 is 29.4 Å². The van der Waals surface area contributed by atoms with E-state index in [1.54, 1.807) is 0 Å². The van der Waals surface area contributed by atoms with E-state index in [-0.39, 0.29) is 25.1 Å². The van der Waals surface area contributed by atoms with Crippen molar-refractivity contribution in [2.75, 3.05) is 13.1 Å². The average Bonchev–Trinajstić information content (AvgIpc) is 2.61. The highest BCUT2D eigenvalue weighted by molar-refractivity contribution is 5.89. The molecule has 1 aliphatic heterocycles. The van der Waals surface area contributed by atoms with Crippen LogP contribution in [0.3, 0.4) is 0 Å². The predicted octanol–water partition coefficient (Wildman–Crippen LogP) is 0.566. The molecule has 1 fully saturated rings. The van der Waals surface area contributed by atoms with E-state index in [1.807, 2.05) is 0 Å². The molecule has 0 aliphatic carbocycles. The van der Waals surface area contributed by atoms with Crippen molar-refractivity contribution >= 4 is 11.8 Å². The number of nitrogens with two attached hydrogens (primary N) is 1. The summed E-state index contributed by atoms with van der Waals surface area (Å²) in [5, 5.41) is 0. The van der Waals surface area contributed by atoms with Gasteiger partial charge in [0.05, 0.1) is 12.5 Å². The van der Waals surface area contributed by atoms with E-state index in [2.05, 4.69) is 6.07 Å². The van der Waals surface area contributed by atoms with Crippen molar-refractivity contribution in [3.8, 4) is 0 Å². The highest BCUT2D eigenvalue weighted by Crippen LogP contribution is 2.31. The first-order valence-corrected chi connectivity index (χ1v) is 5.43. The lowest BCUT2D eigenvalue weighted by atomic mass is 9.96. The van der Waals surface area contributed by atoms with Crippen LogP contribution in [0.25, 0.3) is 0 Å². The van der Waals surface area contributed by atoms with E-state index >= 15 is 0 Å². The largest absolute Gasteiger partial charge is 0.368 e. The Labute approximate surface area is 102 Å². The summed E-state index contributed by atoms with van der Waals surface area (Å²) in [5.41, 5.74) is 4.71. The summed E-state index contributed by atoms with van der Waals surface area (Å²) in [6, 6.07) is 4.40. The van der Waals surface area contributed by atoms with Gasteiger partial charge in [-0.05, 0) is 18.6 Å². The second-order valence-electron chi connectivity index (χ2n) is 4.12. The minimum absolute atomic E-state index is 0.227. The molecule has 1 aromatic carbocycles. The summed E-state index contributed by atoms with van der Waals surface area (Å²) < 4.78 is 27.1. The van der Waals surface area contributed by atoms with Crippen LogP contribution in [0, 0.1) is 17.7 Å². The van der Waals surface area contributed by atoms with Gasteiger partial charge < -0.3 is 10.6 Å². The molecule has 2 N–H and O–H groups in total. The van der Waals surface area contributed by atoms with Crippen LogP contribution >= 0.6 is 0 Å². The fraction of sp³-hybridized carbons (Fsp3) is 0.333. The topological polar surface area (TPSA) is 63.4 Å². The predicted molar refractivity (Wildman–Crippen MR) is 58.3 cm³/mol. The molecule has 0 spiro atoms. The third-order valence-electron chi connectivity index (χ3n) is 2.93. The normalized spacial score (nSPS) is 19.3. The van der Waals surface area contributed by atoms with Crippen LogP contribution in [0.2, 0.25) is 0 Å². The van der Waals surface area contributed by atoms with Crippen molar-refractivity contribution in [2.24, 2.45) is 5.73 Å². The smallest absolute Gasteiger partial charge is 0.237 e. The molecule has 4 nitrogen and oxygen atoms in total. The molecule has 1 heterocycles. The zero-order chi connectivity index (χ0) is 13.3. The molecule has 0 saturated carbocycles. The van der Waals surface area contributed by atoms with Gasteiger partial charge >= 0.3 is 0 Å². The maximum Gasteiger partial charge on any atom is 0.237 e. The van der Waals surface area contributed by atoms with E-state index in [4.69, 9.17) is 5.73 Å². The summed E-state index contributed by atoms with van der Waals surface area (Å²) in [6.45, 7) is 0.0370. The van der Waals surface area contributed by atoms with Gasteiger partial charge in [0.15, 0.2) is 0 Å². The molecule has 1 saturated heterocycles. The van der Waals surface area contributed by atoms with Crippen LogP contribution in [0.4, 0.5) is 8.78 Å². The van der Waals surface area contributed by atoms with Crippen molar-refractivity contribution in [3.63, 3.8) is 0 Å². The van der Waals surface area contributed by atoms with Crippen molar-refractivity contribution in [1.82, 2.24) is 4.90 Å². The zero-order valence-electron chi connectivity index (χ0n) is 9.45. The van der Waals surface area contributed by atoms with E-state index in [1.165, 1.54) is 4.90 Å². The third-order valence-corrected chi connectivity index (χ3v) is 2.93. The molecule has 6 heteroatoms. The number of benzene rings is 1. The van der Waals surface area contributed by atoms with Gasteiger partial charge in [-0.15, -0.1) is 0 Å². The molecule has 1 aliphatic rings. The standard InChI is InChI=1S/C12H11F2N2O2/c13-8-2-1-3-9(14)11(8)7-4-5-16(12(7)18)6-10(15)17/h1-2,7H,4-6H2,(H2,15,17)/t7-/m0/s1. The molecule has 18 heavy (non-hydrogen) atoms. The second-order valence-corrected chi connectivity index (χ2v) is 4.12. The Kier molecular flexibility index (Phi) is 3.27. The molecule has 1 radical (unpaired) electrons. The summed E-state index contributed by atoms with van der Waals surface area (Å²) in [7, 11) is 0. The Bertz CT molecular complexity index is 485. The van der Waals surface area contributed by atoms with E-state index in [0.29, 0.717) is 0 Å². The summed E-state index contributed by atoms with van der Waals surface area (Å²) in [6.07, 6.45) is 0.262. The zero-order valence-corrected chi connectivity index (χ0v) is 9.45. The lowest BCUT2D eigenvalue weighted by molar-refractivity contribution is -0.133. The Morgan fingerprint density at radius 3 is 2.89 bits per heavy atom. The van der Waals surface area contributed by atoms with Gasteiger partial charge in [0.1, 0.15) is 11.6 Å². The molecule has 95 valence electrons. The fourth-order valence-electron chi connectivity index (χ4n) is 2.13. The van der Waals surface area contributed by atoms with Crippen molar-refractivity contribution in [3.05, 3.63) is 35.4 Å². The summed E-state index contributed by atoms with van der Waals surface area (Å²) >= 11 is 0. The van der Waals surface area contributed by atoms with Crippen molar-refractivity contribution in [1.29, 1.82) is 0 Å². The van der Waals surface area contributed by atoms with Gasteiger partial charge in [0.2, 0.25) is 11.8 Å². The number of primary amides is 1. The van der Waals surface area contributed by atoms with Gasteiger partial charge in [-0.3, -0.25) is 9.59 Å². The number of carbonyl (C=O) groups is 2. The Morgan fingerprint density at radius 2 is 2.28 bits per heavy atom. The van der Waals surface area contributed by atoms with Gasteiger partial charge in [-0.2, -0.15) is 0 Å². The van der Waals surface area contributed by atoms with Gasteiger partial charge in [0, 0.05) is 18.2 Å². The minimum atomic E-state index is -0.901. The Hall–Kier alpha value is -1.98. The molecule has 0 aromatic heterocycles. The Morgan fingerprint density at radius 1 is 1.56 bits per heavy atom. The van der Waals surface area contributed by atoms with Crippen molar-refractivity contribution < 1.29 is 18.4 Å². The number of amides is 2. The first-order valence-electron chi connectivity index (χ1n) is 5.43. The monoisotopic (exact) mass is 253 g/mol. The summed E-state index contributed by atoms with van der Waals surface area (Å²) in [4.78, 5) is 23.9. The van der Waals surface area contributed by atoms with Crippen LogP contribution in [-0.2, 0) is 9.59 Å².